The van der Waals surface area contributed by atoms with Gasteiger partial charge in [0, 0.05) is 31.9 Å². The molecule has 1 heterocycles. The van der Waals surface area contributed by atoms with E-state index in [1.165, 1.54) is 12.3 Å². The molecule has 0 saturated carbocycles. The summed E-state index contributed by atoms with van der Waals surface area (Å²) in [5, 5.41) is 17.2. The standard InChI is InChI=1S/C15H17F4N3O/c1-14(23,11-7-21-22(2)8-11)9-20-6-10-3-4-13(16)12(5-10)15(17,18)19/h3-5,7-8,20,23H,6,9H2,1-2H3. The molecule has 0 amide bonds. The minimum Gasteiger partial charge on any atom is -0.384 e. The molecule has 0 aliphatic carbocycles. The van der Waals surface area contributed by atoms with E-state index in [0.717, 1.165) is 12.1 Å². The van der Waals surface area contributed by atoms with Crippen molar-refractivity contribution in [2.45, 2.75) is 25.2 Å². The molecular weight excluding hydrogens is 314 g/mol. The van der Waals surface area contributed by atoms with Crippen LogP contribution in [0.4, 0.5) is 17.6 Å². The van der Waals surface area contributed by atoms with E-state index in [-0.39, 0.29) is 18.7 Å². The minimum atomic E-state index is -4.73. The fourth-order valence-electron chi connectivity index (χ4n) is 2.15. The van der Waals surface area contributed by atoms with E-state index in [9.17, 15) is 22.7 Å². The first kappa shape index (κ1) is 17.4. The zero-order valence-corrected chi connectivity index (χ0v) is 12.7. The van der Waals surface area contributed by atoms with Gasteiger partial charge >= 0.3 is 6.18 Å². The van der Waals surface area contributed by atoms with Gasteiger partial charge in [0.2, 0.25) is 0 Å². The van der Waals surface area contributed by atoms with Crippen LogP contribution in [0.2, 0.25) is 0 Å². The largest absolute Gasteiger partial charge is 0.419 e. The maximum absolute atomic E-state index is 13.2. The third kappa shape index (κ3) is 4.29. The molecule has 1 unspecified atom stereocenters. The van der Waals surface area contributed by atoms with E-state index in [0.29, 0.717) is 5.56 Å². The maximum Gasteiger partial charge on any atom is 0.419 e. The summed E-state index contributed by atoms with van der Waals surface area (Å²) in [4.78, 5) is 0. The number of alkyl halides is 3. The number of aryl methyl sites for hydroxylation is 1. The molecule has 0 aliphatic rings. The predicted molar refractivity (Wildman–Crippen MR) is 75.9 cm³/mol. The van der Waals surface area contributed by atoms with Crippen LogP contribution in [0.3, 0.4) is 0 Å². The first-order valence-corrected chi connectivity index (χ1v) is 6.87. The van der Waals surface area contributed by atoms with Gasteiger partial charge in [-0.1, -0.05) is 6.07 Å². The molecule has 23 heavy (non-hydrogen) atoms. The quantitative estimate of drug-likeness (QED) is 0.828. The zero-order chi connectivity index (χ0) is 17.3. The van der Waals surface area contributed by atoms with E-state index in [1.807, 2.05) is 0 Å². The van der Waals surface area contributed by atoms with E-state index in [2.05, 4.69) is 10.4 Å². The Kier molecular flexibility index (Phi) is 4.76. The predicted octanol–water partition coefficient (Wildman–Crippen LogP) is 2.58. The molecule has 0 fully saturated rings. The van der Waals surface area contributed by atoms with E-state index >= 15 is 0 Å². The van der Waals surface area contributed by atoms with Gasteiger partial charge < -0.3 is 10.4 Å². The molecule has 0 bridgehead atoms. The molecule has 0 radical (unpaired) electrons. The second kappa shape index (κ2) is 6.29. The lowest BCUT2D eigenvalue weighted by atomic mass is 9.99. The molecular formula is C15H17F4N3O. The highest BCUT2D eigenvalue weighted by Crippen LogP contribution is 2.31. The monoisotopic (exact) mass is 331 g/mol. The van der Waals surface area contributed by atoms with Crippen LogP contribution in [0.15, 0.2) is 30.6 Å². The smallest absolute Gasteiger partial charge is 0.384 e. The van der Waals surface area contributed by atoms with Crippen LogP contribution in [0.5, 0.6) is 0 Å². The zero-order valence-electron chi connectivity index (χ0n) is 12.7. The number of aliphatic hydroxyl groups is 1. The van der Waals surface area contributed by atoms with Gasteiger partial charge in [-0.3, -0.25) is 4.68 Å². The number of hydrogen-bond acceptors (Lipinski definition) is 3. The van der Waals surface area contributed by atoms with Gasteiger partial charge in [0.25, 0.3) is 0 Å². The Hall–Kier alpha value is -1.93. The molecule has 126 valence electrons. The minimum absolute atomic E-state index is 0.0692. The average molecular weight is 331 g/mol. The fourth-order valence-corrected chi connectivity index (χ4v) is 2.15. The fraction of sp³-hybridized carbons (Fsp3) is 0.400. The van der Waals surface area contributed by atoms with Crippen molar-refractivity contribution < 1.29 is 22.7 Å². The molecule has 1 aromatic carbocycles. The summed E-state index contributed by atoms with van der Waals surface area (Å²) in [6.07, 6.45) is -1.57. The average Bonchev–Trinajstić information content (AvgIpc) is 2.87. The van der Waals surface area contributed by atoms with Crippen molar-refractivity contribution in [3.05, 3.63) is 53.1 Å². The molecule has 2 N–H and O–H groups in total. The maximum atomic E-state index is 13.2. The lowest BCUT2D eigenvalue weighted by Crippen LogP contribution is -2.35. The summed E-state index contributed by atoms with van der Waals surface area (Å²) in [6, 6.07) is 2.83. The van der Waals surface area contributed by atoms with Crippen LogP contribution in [0.25, 0.3) is 0 Å². The van der Waals surface area contributed by atoms with E-state index in [4.69, 9.17) is 0 Å². The molecule has 1 atom stereocenters. The van der Waals surface area contributed by atoms with Crippen molar-refractivity contribution in [2.75, 3.05) is 6.54 Å². The summed E-state index contributed by atoms with van der Waals surface area (Å²) in [7, 11) is 1.71. The molecule has 0 spiro atoms. The van der Waals surface area contributed by atoms with Crippen molar-refractivity contribution >= 4 is 0 Å². The van der Waals surface area contributed by atoms with Crippen LogP contribution in [0, 0.1) is 5.82 Å². The van der Waals surface area contributed by atoms with E-state index < -0.39 is 23.2 Å². The van der Waals surface area contributed by atoms with E-state index in [1.54, 1.807) is 24.9 Å². The molecule has 1 aromatic heterocycles. The second-order valence-corrected chi connectivity index (χ2v) is 5.59. The van der Waals surface area contributed by atoms with Crippen LogP contribution in [-0.2, 0) is 25.4 Å². The van der Waals surface area contributed by atoms with Crippen molar-refractivity contribution in [1.82, 2.24) is 15.1 Å². The molecule has 2 rings (SSSR count). The third-order valence-corrected chi connectivity index (χ3v) is 3.46. The third-order valence-electron chi connectivity index (χ3n) is 3.46. The van der Waals surface area contributed by atoms with Crippen LogP contribution in [-0.4, -0.2) is 21.4 Å². The normalized spacial score (nSPS) is 14.7. The molecule has 0 saturated heterocycles. The van der Waals surface area contributed by atoms with Crippen molar-refractivity contribution in [2.24, 2.45) is 7.05 Å². The number of benzene rings is 1. The summed E-state index contributed by atoms with van der Waals surface area (Å²) in [5.41, 5.74) is -1.65. The lowest BCUT2D eigenvalue weighted by Gasteiger charge is -2.22. The number of halogens is 4. The van der Waals surface area contributed by atoms with Gasteiger partial charge in [0.15, 0.2) is 0 Å². The highest BCUT2D eigenvalue weighted by molar-refractivity contribution is 5.27. The number of nitrogens with one attached hydrogen (secondary N) is 1. The number of nitrogens with zero attached hydrogens (tertiary/aromatic N) is 2. The van der Waals surface area contributed by atoms with Gasteiger partial charge in [-0.25, -0.2) is 4.39 Å². The number of aromatic nitrogens is 2. The number of rotatable bonds is 5. The topological polar surface area (TPSA) is 50.1 Å². The Morgan fingerprint density at radius 1 is 1.30 bits per heavy atom. The molecule has 2 aromatic rings. The van der Waals surface area contributed by atoms with Crippen molar-refractivity contribution in [1.29, 1.82) is 0 Å². The Morgan fingerprint density at radius 2 is 2.00 bits per heavy atom. The summed E-state index contributed by atoms with van der Waals surface area (Å²) < 4.78 is 52.7. The van der Waals surface area contributed by atoms with Gasteiger partial charge in [0.05, 0.1) is 11.8 Å². The van der Waals surface area contributed by atoms with Gasteiger partial charge in [0.1, 0.15) is 11.4 Å². The molecule has 4 nitrogen and oxygen atoms in total. The summed E-state index contributed by atoms with van der Waals surface area (Å²) in [5.74, 6) is -1.30. The van der Waals surface area contributed by atoms with Crippen LogP contribution in [0.1, 0.15) is 23.6 Å². The Bertz CT molecular complexity index is 680. The molecule has 8 heteroatoms. The Labute approximate surface area is 130 Å². The molecule has 0 aliphatic heterocycles. The Balaban J connectivity index is 2.01. The van der Waals surface area contributed by atoms with Crippen molar-refractivity contribution in [3.63, 3.8) is 0 Å². The first-order valence-electron chi connectivity index (χ1n) is 6.87. The van der Waals surface area contributed by atoms with Gasteiger partial charge in [-0.2, -0.15) is 18.3 Å². The summed E-state index contributed by atoms with van der Waals surface area (Å²) >= 11 is 0. The number of hydrogen-bond donors (Lipinski definition) is 2. The summed E-state index contributed by atoms with van der Waals surface area (Å²) in [6.45, 7) is 1.75. The lowest BCUT2D eigenvalue weighted by molar-refractivity contribution is -0.140. The SMILES string of the molecule is Cn1cc(C(C)(O)CNCc2ccc(F)c(C(F)(F)F)c2)cn1. The van der Waals surface area contributed by atoms with Gasteiger partial charge in [-0.05, 0) is 24.6 Å². The second-order valence-electron chi connectivity index (χ2n) is 5.59. The van der Waals surface area contributed by atoms with Crippen LogP contribution < -0.4 is 5.32 Å². The van der Waals surface area contributed by atoms with Crippen molar-refractivity contribution in [3.8, 4) is 0 Å². The van der Waals surface area contributed by atoms with Crippen LogP contribution >= 0.6 is 0 Å². The highest BCUT2D eigenvalue weighted by atomic mass is 19.4. The Morgan fingerprint density at radius 3 is 2.57 bits per heavy atom. The first-order chi connectivity index (χ1) is 10.6. The van der Waals surface area contributed by atoms with Gasteiger partial charge in [-0.15, -0.1) is 0 Å². The highest BCUT2D eigenvalue weighted by Gasteiger charge is 2.34.